The van der Waals surface area contributed by atoms with Gasteiger partial charge in [0.1, 0.15) is 5.82 Å². The minimum atomic E-state index is 0.484. The number of anilines is 1. The molecule has 7 heteroatoms. The molecular formula is C14H16N6O. The highest BCUT2D eigenvalue weighted by Gasteiger charge is 2.20. The van der Waals surface area contributed by atoms with Crippen LogP contribution in [0.25, 0.3) is 17.0 Å². The van der Waals surface area contributed by atoms with Crippen LogP contribution in [0.2, 0.25) is 0 Å². The van der Waals surface area contributed by atoms with Gasteiger partial charge in [0.15, 0.2) is 5.65 Å². The normalized spacial score (nSPS) is 16.6. The average molecular weight is 284 g/mol. The van der Waals surface area contributed by atoms with E-state index in [1.54, 1.807) is 10.7 Å². The van der Waals surface area contributed by atoms with Crippen molar-refractivity contribution in [3.05, 3.63) is 24.4 Å². The molecule has 1 saturated carbocycles. The average Bonchev–Trinajstić information content (AvgIpc) is 3.16. The van der Waals surface area contributed by atoms with Gasteiger partial charge < -0.3 is 10.3 Å². The summed E-state index contributed by atoms with van der Waals surface area (Å²) in [5.74, 6) is 1.56. The van der Waals surface area contributed by atoms with Gasteiger partial charge in [0.2, 0.25) is 12.2 Å². The number of hydrogen-bond donors (Lipinski definition) is 1. The fourth-order valence-corrected chi connectivity index (χ4v) is 3.06. The largest absolute Gasteiger partial charge is 0.384 e. The molecule has 0 unspecified atom stereocenters. The van der Waals surface area contributed by atoms with Crippen LogP contribution in [0.5, 0.6) is 0 Å². The first-order valence-electron chi connectivity index (χ1n) is 7.24. The Morgan fingerprint density at radius 1 is 1.24 bits per heavy atom. The van der Waals surface area contributed by atoms with Crippen molar-refractivity contribution in [1.82, 2.24) is 24.7 Å². The Balaban J connectivity index is 1.85. The minimum absolute atomic E-state index is 0.484. The zero-order valence-electron chi connectivity index (χ0n) is 11.6. The summed E-state index contributed by atoms with van der Waals surface area (Å²) >= 11 is 0. The number of nitrogens with two attached hydrogens (primary N) is 1. The van der Waals surface area contributed by atoms with Crippen molar-refractivity contribution >= 4 is 11.5 Å². The van der Waals surface area contributed by atoms with Crippen molar-refractivity contribution in [3.63, 3.8) is 0 Å². The van der Waals surface area contributed by atoms with Crippen molar-refractivity contribution in [2.24, 2.45) is 0 Å². The lowest BCUT2D eigenvalue weighted by molar-refractivity contribution is 0.419. The molecule has 7 nitrogen and oxygen atoms in total. The van der Waals surface area contributed by atoms with Crippen molar-refractivity contribution in [3.8, 4) is 11.4 Å². The van der Waals surface area contributed by atoms with Gasteiger partial charge in [-0.05, 0) is 12.8 Å². The summed E-state index contributed by atoms with van der Waals surface area (Å²) < 4.78 is 6.43. The number of rotatable bonds is 2. The van der Waals surface area contributed by atoms with Gasteiger partial charge in [0, 0.05) is 17.7 Å². The maximum atomic E-state index is 6.13. The molecule has 2 N–H and O–H groups in total. The predicted molar refractivity (Wildman–Crippen MR) is 76.5 cm³/mol. The maximum Gasteiger partial charge on any atom is 0.214 e. The van der Waals surface area contributed by atoms with E-state index in [1.807, 2.05) is 6.07 Å². The topological polar surface area (TPSA) is 95.1 Å². The Bertz CT molecular complexity index is 757. The van der Waals surface area contributed by atoms with Crippen LogP contribution in [0.4, 0.5) is 5.82 Å². The molecule has 108 valence electrons. The van der Waals surface area contributed by atoms with E-state index in [-0.39, 0.29) is 0 Å². The number of aromatic nitrogens is 5. The van der Waals surface area contributed by atoms with Crippen LogP contribution in [-0.2, 0) is 0 Å². The molecule has 0 spiro atoms. The molecule has 0 radical (unpaired) electrons. The quantitative estimate of drug-likeness (QED) is 0.776. The first-order chi connectivity index (χ1) is 10.3. The number of nitrogen functional groups attached to an aromatic ring is 1. The van der Waals surface area contributed by atoms with Gasteiger partial charge in [-0.1, -0.05) is 24.4 Å². The predicted octanol–water partition coefficient (Wildman–Crippen LogP) is 2.41. The zero-order valence-corrected chi connectivity index (χ0v) is 11.6. The summed E-state index contributed by atoms with van der Waals surface area (Å²) in [4.78, 5) is 8.84. The summed E-state index contributed by atoms with van der Waals surface area (Å²) in [6.07, 6.45) is 9.15. The molecule has 3 aromatic heterocycles. The van der Waals surface area contributed by atoms with E-state index in [0.29, 0.717) is 23.2 Å². The lowest BCUT2D eigenvalue weighted by Crippen LogP contribution is -2.10. The molecule has 1 fully saturated rings. The molecule has 3 aromatic rings. The molecule has 0 amide bonds. The molecule has 21 heavy (non-hydrogen) atoms. The van der Waals surface area contributed by atoms with Crippen LogP contribution < -0.4 is 5.73 Å². The lowest BCUT2D eigenvalue weighted by Gasteiger charge is -2.21. The van der Waals surface area contributed by atoms with E-state index in [0.717, 1.165) is 11.3 Å². The van der Waals surface area contributed by atoms with Gasteiger partial charge in [-0.15, -0.1) is 0 Å². The lowest BCUT2D eigenvalue weighted by atomic mass is 9.87. The van der Waals surface area contributed by atoms with Crippen LogP contribution in [0, 0.1) is 0 Å². The summed E-state index contributed by atoms with van der Waals surface area (Å²) in [5, 5.41) is 8.13. The van der Waals surface area contributed by atoms with Gasteiger partial charge in [-0.25, -0.2) is 4.98 Å². The molecule has 0 bridgehead atoms. The molecule has 1 aliphatic carbocycles. The van der Waals surface area contributed by atoms with Crippen molar-refractivity contribution in [1.29, 1.82) is 0 Å². The number of fused-ring (bicyclic) bond motifs is 1. The molecule has 0 aromatic carbocycles. The monoisotopic (exact) mass is 284 g/mol. The van der Waals surface area contributed by atoms with Gasteiger partial charge in [-0.2, -0.15) is 14.6 Å². The first-order valence-corrected chi connectivity index (χ1v) is 7.24. The molecule has 0 saturated heterocycles. The summed E-state index contributed by atoms with van der Waals surface area (Å²) in [7, 11) is 0. The SMILES string of the molecule is Nc1cc(C2CCCCC2)nc2c(-c3ncon3)cnn12. The Labute approximate surface area is 121 Å². The van der Waals surface area contributed by atoms with Crippen molar-refractivity contribution < 1.29 is 4.52 Å². The highest BCUT2D eigenvalue weighted by atomic mass is 16.5. The van der Waals surface area contributed by atoms with Crippen LogP contribution in [0.3, 0.4) is 0 Å². The Hall–Kier alpha value is -2.44. The third-order valence-corrected chi connectivity index (χ3v) is 4.14. The second-order valence-electron chi connectivity index (χ2n) is 5.49. The maximum absolute atomic E-state index is 6.13. The first kappa shape index (κ1) is 12.3. The standard InChI is InChI=1S/C14H16N6O/c15-12-6-11(9-4-2-1-3-5-9)18-14-10(7-17-20(12)14)13-16-8-21-19-13/h6-9H,1-5,15H2. The van der Waals surface area contributed by atoms with Crippen LogP contribution in [0.15, 0.2) is 23.2 Å². The number of nitrogens with zero attached hydrogens (tertiary/aromatic N) is 5. The Morgan fingerprint density at radius 2 is 2.10 bits per heavy atom. The van der Waals surface area contributed by atoms with E-state index in [4.69, 9.17) is 15.2 Å². The fourth-order valence-electron chi connectivity index (χ4n) is 3.06. The second-order valence-corrected chi connectivity index (χ2v) is 5.49. The molecule has 1 aliphatic rings. The Morgan fingerprint density at radius 3 is 2.86 bits per heavy atom. The highest BCUT2D eigenvalue weighted by molar-refractivity contribution is 5.73. The van der Waals surface area contributed by atoms with Crippen molar-refractivity contribution in [2.75, 3.05) is 5.73 Å². The smallest absolute Gasteiger partial charge is 0.214 e. The highest BCUT2D eigenvalue weighted by Crippen LogP contribution is 2.33. The molecule has 0 aliphatic heterocycles. The van der Waals surface area contributed by atoms with E-state index >= 15 is 0 Å². The molecule has 0 atom stereocenters. The fraction of sp³-hybridized carbons (Fsp3) is 0.429. The Kier molecular flexibility index (Phi) is 2.83. The van der Waals surface area contributed by atoms with Crippen LogP contribution in [-0.4, -0.2) is 24.7 Å². The molecular weight excluding hydrogens is 268 g/mol. The minimum Gasteiger partial charge on any atom is -0.384 e. The van der Waals surface area contributed by atoms with Gasteiger partial charge in [-0.3, -0.25) is 0 Å². The summed E-state index contributed by atoms with van der Waals surface area (Å²) in [6, 6.07) is 1.94. The van der Waals surface area contributed by atoms with Crippen molar-refractivity contribution in [2.45, 2.75) is 38.0 Å². The van der Waals surface area contributed by atoms with Gasteiger partial charge in [0.05, 0.1) is 11.8 Å². The zero-order chi connectivity index (χ0) is 14.2. The van der Waals surface area contributed by atoms with Crippen LogP contribution >= 0.6 is 0 Å². The van der Waals surface area contributed by atoms with E-state index in [1.165, 1.54) is 38.5 Å². The van der Waals surface area contributed by atoms with E-state index in [9.17, 15) is 0 Å². The third-order valence-electron chi connectivity index (χ3n) is 4.14. The third kappa shape index (κ3) is 2.05. The van der Waals surface area contributed by atoms with Gasteiger partial charge in [0.25, 0.3) is 0 Å². The van der Waals surface area contributed by atoms with E-state index in [2.05, 4.69) is 15.2 Å². The molecule has 3 heterocycles. The second kappa shape index (κ2) is 4.83. The summed E-state index contributed by atoms with van der Waals surface area (Å²) in [5.41, 5.74) is 8.61. The molecule has 4 rings (SSSR count). The summed E-state index contributed by atoms with van der Waals surface area (Å²) in [6.45, 7) is 0. The number of hydrogen-bond acceptors (Lipinski definition) is 6. The van der Waals surface area contributed by atoms with E-state index < -0.39 is 0 Å². The van der Waals surface area contributed by atoms with Gasteiger partial charge >= 0.3 is 0 Å². The van der Waals surface area contributed by atoms with Crippen LogP contribution in [0.1, 0.15) is 43.7 Å².